The van der Waals surface area contributed by atoms with E-state index in [1.54, 1.807) is 23.4 Å². The van der Waals surface area contributed by atoms with Gasteiger partial charge in [-0.3, -0.25) is 14.5 Å². The van der Waals surface area contributed by atoms with E-state index in [4.69, 9.17) is 11.6 Å². The number of nitrogens with zero attached hydrogens (tertiary/aromatic N) is 2. The monoisotopic (exact) mass is 459 g/mol. The Hall–Kier alpha value is -2.97. The third kappa shape index (κ3) is 5.03. The number of carbonyl (C=O) groups excluding carboxylic acids is 1. The lowest BCUT2D eigenvalue weighted by atomic mass is 10.1. The van der Waals surface area contributed by atoms with Crippen LogP contribution in [0.3, 0.4) is 0 Å². The summed E-state index contributed by atoms with van der Waals surface area (Å²) >= 11 is 6.15. The largest absolute Gasteiger partial charge is 0.331 e. The molecule has 3 aromatic rings. The van der Waals surface area contributed by atoms with Gasteiger partial charge >= 0.3 is 0 Å². The maximum Gasteiger partial charge on any atom is 0.263 e. The highest BCUT2D eigenvalue weighted by Crippen LogP contribution is 2.31. The van der Waals surface area contributed by atoms with Crippen LogP contribution in [-0.2, 0) is 16.6 Å². The van der Waals surface area contributed by atoms with E-state index in [0.29, 0.717) is 6.54 Å². The standard InChI is InChI=1S/C22H19ClFN3O3S/c23-20-10-3-16(12-21(20)31(29,30)26-18-6-4-17(24)5-7-18)22(28)27(19-8-9-19)14-15-2-1-11-25-13-15/h1-7,10-13,19,26H,8-9,14H2. The molecular formula is C22H19ClFN3O3S. The van der Waals surface area contributed by atoms with E-state index in [1.807, 2.05) is 6.07 Å². The van der Waals surface area contributed by atoms with Crippen LogP contribution in [-0.4, -0.2) is 30.3 Å². The Kier molecular flexibility index (Phi) is 5.93. The molecule has 0 aliphatic heterocycles. The summed E-state index contributed by atoms with van der Waals surface area (Å²) in [5.74, 6) is -0.761. The minimum Gasteiger partial charge on any atom is -0.331 e. The summed E-state index contributed by atoms with van der Waals surface area (Å²) in [4.78, 5) is 18.8. The van der Waals surface area contributed by atoms with Crippen LogP contribution in [0.25, 0.3) is 0 Å². The van der Waals surface area contributed by atoms with E-state index >= 15 is 0 Å². The van der Waals surface area contributed by atoms with E-state index in [2.05, 4.69) is 9.71 Å². The van der Waals surface area contributed by atoms with E-state index in [0.717, 1.165) is 30.5 Å². The average Bonchev–Trinajstić information content (AvgIpc) is 3.59. The number of halogens is 2. The molecule has 1 amide bonds. The van der Waals surface area contributed by atoms with E-state index in [-0.39, 0.29) is 33.1 Å². The summed E-state index contributed by atoms with van der Waals surface area (Å²) in [5.41, 5.74) is 1.30. The second-order valence-corrected chi connectivity index (χ2v) is 9.34. The van der Waals surface area contributed by atoms with Crippen molar-refractivity contribution in [2.24, 2.45) is 0 Å². The molecule has 2 aromatic carbocycles. The molecule has 31 heavy (non-hydrogen) atoms. The topological polar surface area (TPSA) is 79.4 Å². The Morgan fingerprint density at radius 3 is 2.55 bits per heavy atom. The molecule has 0 bridgehead atoms. The molecular weight excluding hydrogens is 441 g/mol. The Morgan fingerprint density at radius 2 is 1.90 bits per heavy atom. The zero-order valence-electron chi connectivity index (χ0n) is 16.3. The third-order valence-corrected chi connectivity index (χ3v) is 6.75. The molecule has 9 heteroatoms. The van der Waals surface area contributed by atoms with Crippen molar-refractivity contribution in [2.45, 2.75) is 30.3 Å². The zero-order chi connectivity index (χ0) is 22.0. The van der Waals surface area contributed by atoms with E-state index in [9.17, 15) is 17.6 Å². The van der Waals surface area contributed by atoms with Crippen molar-refractivity contribution in [1.82, 2.24) is 9.88 Å². The summed E-state index contributed by atoms with van der Waals surface area (Å²) in [6.07, 6.45) is 5.16. The van der Waals surface area contributed by atoms with E-state index < -0.39 is 15.8 Å². The highest BCUT2D eigenvalue weighted by Gasteiger charge is 2.33. The molecule has 0 atom stereocenters. The van der Waals surface area contributed by atoms with Gasteiger partial charge in [0.1, 0.15) is 10.7 Å². The molecule has 1 fully saturated rings. The first kappa shape index (κ1) is 21.3. The fourth-order valence-electron chi connectivity index (χ4n) is 3.18. The molecule has 160 valence electrons. The number of amides is 1. The number of nitrogens with one attached hydrogen (secondary N) is 1. The number of hydrogen-bond acceptors (Lipinski definition) is 4. The van der Waals surface area contributed by atoms with Crippen LogP contribution in [0.2, 0.25) is 5.02 Å². The second-order valence-electron chi connectivity index (χ2n) is 7.28. The Bertz CT molecular complexity index is 1200. The maximum atomic E-state index is 13.2. The predicted octanol–water partition coefficient (Wildman–Crippen LogP) is 4.48. The van der Waals surface area contributed by atoms with Crippen molar-refractivity contribution >= 4 is 33.2 Å². The number of aromatic nitrogens is 1. The molecule has 0 saturated heterocycles. The Labute approximate surface area is 184 Å². The molecule has 1 heterocycles. The van der Waals surface area contributed by atoms with Gasteiger partial charge in [-0.05, 0) is 66.9 Å². The molecule has 1 aromatic heterocycles. The van der Waals surface area contributed by atoms with Crippen LogP contribution >= 0.6 is 11.6 Å². The fraction of sp³-hybridized carbons (Fsp3) is 0.182. The molecule has 0 spiro atoms. The van der Waals surface area contributed by atoms with Gasteiger partial charge in [0.05, 0.1) is 5.02 Å². The number of pyridine rings is 1. The number of sulfonamides is 1. The first-order valence-corrected chi connectivity index (χ1v) is 11.5. The SMILES string of the molecule is O=C(c1ccc(Cl)c(S(=O)(=O)Nc2ccc(F)cc2)c1)N(Cc1cccnc1)C1CC1. The van der Waals surface area contributed by atoms with E-state index in [1.165, 1.54) is 30.3 Å². The number of rotatable bonds is 7. The van der Waals surface area contributed by atoms with Gasteiger partial charge in [0.15, 0.2) is 0 Å². The van der Waals surface area contributed by atoms with Crippen molar-refractivity contribution in [3.05, 3.63) is 89.0 Å². The first-order valence-electron chi connectivity index (χ1n) is 9.61. The third-order valence-electron chi connectivity index (χ3n) is 4.89. The number of hydrogen-bond donors (Lipinski definition) is 1. The lowest BCUT2D eigenvalue weighted by Gasteiger charge is -2.23. The molecule has 4 rings (SSSR count). The van der Waals surface area contributed by atoms with Gasteiger partial charge in [-0.1, -0.05) is 17.7 Å². The minimum absolute atomic E-state index is 0.0172. The molecule has 6 nitrogen and oxygen atoms in total. The van der Waals surface area contributed by atoms with Crippen LogP contribution < -0.4 is 4.72 Å². The number of carbonyl (C=O) groups is 1. The predicted molar refractivity (Wildman–Crippen MR) is 116 cm³/mol. The highest BCUT2D eigenvalue weighted by molar-refractivity contribution is 7.92. The highest BCUT2D eigenvalue weighted by atomic mass is 35.5. The van der Waals surface area contributed by atoms with Crippen molar-refractivity contribution in [3.63, 3.8) is 0 Å². The lowest BCUT2D eigenvalue weighted by molar-refractivity contribution is 0.0729. The molecule has 1 aliphatic carbocycles. The van der Waals surface area contributed by atoms with Gasteiger partial charge in [-0.15, -0.1) is 0 Å². The van der Waals surface area contributed by atoms with Crippen molar-refractivity contribution in [2.75, 3.05) is 4.72 Å². The van der Waals surface area contributed by atoms with Crippen LogP contribution in [0.1, 0.15) is 28.8 Å². The molecule has 0 radical (unpaired) electrons. The summed E-state index contributed by atoms with van der Waals surface area (Å²) in [7, 11) is -4.09. The molecule has 1 N–H and O–H groups in total. The summed E-state index contributed by atoms with van der Waals surface area (Å²) in [6, 6.07) is 12.9. The quantitative estimate of drug-likeness (QED) is 0.565. The van der Waals surface area contributed by atoms with Gasteiger partial charge < -0.3 is 4.90 Å². The lowest BCUT2D eigenvalue weighted by Crippen LogP contribution is -2.32. The van der Waals surface area contributed by atoms with Gasteiger partial charge in [0, 0.05) is 36.2 Å². The summed E-state index contributed by atoms with van der Waals surface area (Å²) in [5, 5.41) is -0.0172. The normalized spacial score (nSPS) is 13.6. The number of benzene rings is 2. The average molecular weight is 460 g/mol. The van der Waals surface area contributed by atoms with Gasteiger partial charge in [-0.25, -0.2) is 12.8 Å². The number of anilines is 1. The molecule has 1 aliphatic rings. The van der Waals surface area contributed by atoms with Gasteiger partial charge in [0.25, 0.3) is 15.9 Å². The summed E-state index contributed by atoms with van der Waals surface area (Å²) in [6.45, 7) is 0.385. The van der Waals surface area contributed by atoms with Crippen LogP contribution in [0, 0.1) is 5.82 Å². The smallest absolute Gasteiger partial charge is 0.263 e. The van der Waals surface area contributed by atoms with Crippen molar-refractivity contribution in [3.8, 4) is 0 Å². The molecule has 1 saturated carbocycles. The fourth-order valence-corrected chi connectivity index (χ4v) is 4.76. The van der Waals surface area contributed by atoms with Crippen LogP contribution in [0.15, 0.2) is 71.9 Å². The summed E-state index contributed by atoms with van der Waals surface area (Å²) < 4.78 is 41.2. The van der Waals surface area contributed by atoms with Gasteiger partial charge in [0.2, 0.25) is 0 Å². The first-order chi connectivity index (χ1) is 14.8. The maximum absolute atomic E-state index is 13.2. The Morgan fingerprint density at radius 1 is 1.16 bits per heavy atom. The van der Waals surface area contributed by atoms with Gasteiger partial charge in [-0.2, -0.15) is 0 Å². The van der Waals surface area contributed by atoms with Crippen molar-refractivity contribution in [1.29, 1.82) is 0 Å². The Balaban J connectivity index is 1.61. The molecule has 0 unspecified atom stereocenters. The van der Waals surface area contributed by atoms with Crippen molar-refractivity contribution < 1.29 is 17.6 Å². The van der Waals surface area contributed by atoms with Crippen LogP contribution in [0.5, 0.6) is 0 Å². The zero-order valence-corrected chi connectivity index (χ0v) is 17.9. The van der Waals surface area contributed by atoms with Crippen LogP contribution in [0.4, 0.5) is 10.1 Å². The minimum atomic E-state index is -4.09. The second kappa shape index (κ2) is 8.64.